The van der Waals surface area contributed by atoms with Gasteiger partial charge in [0, 0.05) is 5.56 Å². The number of tetrazole rings is 1. The Morgan fingerprint density at radius 1 is 1.14 bits per heavy atom. The molecule has 0 atom stereocenters. The van der Waals surface area contributed by atoms with E-state index in [1.54, 1.807) is 16.8 Å². The molecule has 5 nitrogen and oxygen atoms in total. The molecule has 0 aliphatic rings. The number of benzene rings is 2. The second-order valence-electron chi connectivity index (χ2n) is 4.67. The van der Waals surface area contributed by atoms with E-state index in [0.29, 0.717) is 16.5 Å². The molecule has 0 aliphatic heterocycles. The van der Waals surface area contributed by atoms with Crippen LogP contribution >= 0.6 is 11.6 Å². The van der Waals surface area contributed by atoms with Crippen molar-refractivity contribution in [3.8, 4) is 17.1 Å². The molecule has 1 heterocycles. The summed E-state index contributed by atoms with van der Waals surface area (Å²) in [6, 6.07) is 13.5. The number of hydrogen-bond donors (Lipinski definition) is 1. The van der Waals surface area contributed by atoms with E-state index in [4.69, 9.17) is 17.3 Å². The molecule has 0 aliphatic carbocycles. The van der Waals surface area contributed by atoms with Gasteiger partial charge in [-0.15, -0.1) is 5.10 Å². The Kier molecular flexibility index (Phi) is 3.58. The van der Waals surface area contributed by atoms with E-state index >= 15 is 0 Å². The molecule has 2 N–H and O–H groups in total. The molecule has 0 fully saturated rings. The molecule has 1 aromatic heterocycles. The van der Waals surface area contributed by atoms with Crippen molar-refractivity contribution in [3.63, 3.8) is 0 Å². The number of nitrogen functional groups attached to an aromatic ring is 1. The summed E-state index contributed by atoms with van der Waals surface area (Å²) in [4.78, 5) is 0. The zero-order valence-electron chi connectivity index (χ0n) is 11.5. The van der Waals surface area contributed by atoms with E-state index in [9.17, 15) is 0 Å². The third kappa shape index (κ3) is 2.60. The topological polar surface area (TPSA) is 69.6 Å². The molecule has 0 amide bonds. The van der Waals surface area contributed by atoms with Crippen LogP contribution in [-0.2, 0) is 6.42 Å². The number of aryl methyl sites for hydroxylation is 1. The lowest BCUT2D eigenvalue weighted by atomic mass is 10.1. The van der Waals surface area contributed by atoms with Crippen LogP contribution in [0.15, 0.2) is 42.5 Å². The SMILES string of the molecule is CCc1ccc(-n2nnnc2-c2ccc(N)c(Cl)c2)cc1. The average molecular weight is 300 g/mol. The van der Waals surface area contributed by atoms with Crippen LogP contribution in [0.1, 0.15) is 12.5 Å². The first-order valence-corrected chi connectivity index (χ1v) is 7.00. The molecule has 2 aromatic carbocycles. The monoisotopic (exact) mass is 299 g/mol. The largest absolute Gasteiger partial charge is 0.398 e. The molecule has 3 rings (SSSR count). The molecule has 6 heteroatoms. The maximum atomic E-state index is 6.07. The highest BCUT2D eigenvalue weighted by Gasteiger charge is 2.11. The van der Waals surface area contributed by atoms with Gasteiger partial charge >= 0.3 is 0 Å². The fraction of sp³-hybridized carbons (Fsp3) is 0.133. The van der Waals surface area contributed by atoms with Gasteiger partial charge in [0.1, 0.15) is 0 Å². The molecular weight excluding hydrogens is 286 g/mol. The zero-order valence-corrected chi connectivity index (χ0v) is 12.2. The van der Waals surface area contributed by atoms with Gasteiger partial charge in [0.25, 0.3) is 0 Å². The lowest BCUT2D eigenvalue weighted by Gasteiger charge is -2.06. The summed E-state index contributed by atoms with van der Waals surface area (Å²) in [5.41, 5.74) is 9.26. The van der Waals surface area contributed by atoms with Crippen LogP contribution in [0.25, 0.3) is 17.1 Å². The highest BCUT2D eigenvalue weighted by atomic mass is 35.5. The molecule has 0 spiro atoms. The van der Waals surface area contributed by atoms with Crippen LogP contribution in [0.2, 0.25) is 5.02 Å². The number of aromatic nitrogens is 4. The van der Waals surface area contributed by atoms with Crippen molar-refractivity contribution in [2.75, 3.05) is 5.73 Å². The number of halogens is 1. The Hall–Kier alpha value is -2.40. The van der Waals surface area contributed by atoms with Gasteiger partial charge in [-0.2, -0.15) is 4.68 Å². The number of anilines is 1. The fourth-order valence-corrected chi connectivity index (χ4v) is 2.26. The molecule has 106 valence electrons. The van der Waals surface area contributed by atoms with Crippen molar-refractivity contribution in [2.45, 2.75) is 13.3 Å². The first-order valence-electron chi connectivity index (χ1n) is 6.62. The Balaban J connectivity index is 2.05. The lowest BCUT2D eigenvalue weighted by molar-refractivity contribution is 0.791. The third-order valence-corrected chi connectivity index (χ3v) is 3.64. The number of nitrogens with zero attached hydrogens (tertiary/aromatic N) is 4. The third-order valence-electron chi connectivity index (χ3n) is 3.32. The van der Waals surface area contributed by atoms with Crippen LogP contribution in [0.3, 0.4) is 0 Å². The lowest BCUT2D eigenvalue weighted by Crippen LogP contribution is -2.00. The van der Waals surface area contributed by atoms with Crippen LogP contribution < -0.4 is 5.73 Å². The number of rotatable bonds is 3. The van der Waals surface area contributed by atoms with Gasteiger partial charge in [0.05, 0.1) is 16.4 Å². The standard InChI is InChI=1S/C15H14ClN5/c1-2-10-3-6-12(7-4-10)21-15(18-19-20-21)11-5-8-14(17)13(16)9-11/h3-9H,2,17H2,1H3. The number of hydrogen-bond acceptors (Lipinski definition) is 4. The Morgan fingerprint density at radius 2 is 1.90 bits per heavy atom. The second kappa shape index (κ2) is 5.54. The highest BCUT2D eigenvalue weighted by Crippen LogP contribution is 2.26. The van der Waals surface area contributed by atoms with Gasteiger partial charge < -0.3 is 5.73 Å². The minimum atomic E-state index is 0.489. The average Bonchev–Trinajstić information content (AvgIpc) is 2.99. The van der Waals surface area contributed by atoms with Crippen LogP contribution in [0.4, 0.5) is 5.69 Å². The first-order chi connectivity index (χ1) is 10.2. The normalized spacial score (nSPS) is 10.8. The summed E-state index contributed by atoms with van der Waals surface area (Å²) < 4.78 is 1.68. The summed E-state index contributed by atoms with van der Waals surface area (Å²) in [5, 5.41) is 12.4. The maximum Gasteiger partial charge on any atom is 0.187 e. The Bertz CT molecular complexity index is 764. The molecule has 0 bridgehead atoms. The molecule has 0 radical (unpaired) electrons. The van der Waals surface area contributed by atoms with Crippen molar-refractivity contribution < 1.29 is 0 Å². The maximum absolute atomic E-state index is 6.07. The van der Waals surface area contributed by atoms with Gasteiger partial charge in [0.2, 0.25) is 0 Å². The summed E-state index contributed by atoms with van der Waals surface area (Å²) in [7, 11) is 0. The number of nitrogens with two attached hydrogens (primary N) is 1. The highest BCUT2D eigenvalue weighted by molar-refractivity contribution is 6.33. The summed E-state index contributed by atoms with van der Waals surface area (Å²) in [6.07, 6.45) is 0.996. The van der Waals surface area contributed by atoms with Gasteiger partial charge in [0.15, 0.2) is 5.82 Å². The van der Waals surface area contributed by atoms with E-state index in [0.717, 1.165) is 17.7 Å². The molecular formula is C15H14ClN5. The van der Waals surface area contributed by atoms with Crippen molar-refractivity contribution in [1.29, 1.82) is 0 Å². The van der Waals surface area contributed by atoms with E-state index in [1.807, 2.05) is 18.2 Å². The predicted octanol–water partition coefficient (Wildman–Crippen LogP) is 3.13. The van der Waals surface area contributed by atoms with E-state index in [-0.39, 0.29) is 0 Å². The van der Waals surface area contributed by atoms with Crippen molar-refractivity contribution >= 4 is 17.3 Å². The summed E-state index contributed by atoms with van der Waals surface area (Å²) >= 11 is 6.07. The van der Waals surface area contributed by atoms with Crippen molar-refractivity contribution in [2.24, 2.45) is 0 Å². The molecule has 21 heavy (non-hydrogen) atoms. The van der Waals surface area contributed by atoms with E-state index in [2.05, 4.69) is 34.6 Å². The van der Waals surface area contributed by atoms with Gasteiger partial charge in [-0.3, -0.25) is 0 Å². The van der Waals surface area contributed by atoms with Crippen LogP contribution in [-0.4, -0.2) is 20.2 Å². The van der Waals surface area contributed by atoms with Gasteiger partial charge in [-0.1, -0.05) is 30.7 Å². The predicted molar refractivity (Wildman–Crippen MR) is 83.4 cm³/mol. The van der Waals surface area contributed by atoms with E-state index in [1.165, 1.54) is 5.56 Å². The van der Waals surface area contributed by atoms with E-state index < -0.39 is 0 Å². The molecule has 0 saturated carbocycles. The summed E-state index contributed by atoms with van der Waals surface area (Å²) in [5.74, 6) is 0.626. The van der Waals surface area contributed by atoms with Gasteiger partial charge in [-0.05, 0) is 52.7 Å². The van der Waals surface area contributed by atoms with Crippen LogP contribution in [0, 0.1) is 0 Å². The quantitative estimate of drug-likeness (QED) is 0.754. The molecule has 3 aromatic rings. The van der Waals surface area contributed by atoms with Crippen molar-refractivity contribution in [1.82, 2.24) is 20.2 Å². The Morgan fingerprint density at radius 3 is 2.57 bits per heavy atom. The fourth-order valence-electron chi connectivity index (χ4n) is 2.08. The minimum absolute atomic E-state index is 0.489. The minimum Gasteiger partial charge on any atom is -0.398 e. The van der Waals surface area contributed by atoms with Crippen LogP contribution in [0.5, 0.6) is 0 Å². The zero-order chi connectivity index (χ0) is 14.8. The molecule has 0 unspecified atom stereocenters. The second-order valence-corrected chi connectivity index (χ2v) is 5.08. The Labute approximate surface area is 127 Å². The van der Waals surface area contributed by atoms with Crippen molar-refractivity contribution in [3.05, 3.63) is 53.1 Å². The first kappa shape index (κ1) is 13.6. The summed E-state index contributed by atoms with van der Waals surface area (Å²) in [6.45, 7) is 2.12. The smallest absolute Gasteiger partial charge is 0.187 e. The van der Waals surface area contributed by atoms with Gasteiger partial charge in [-0.25, -0.2) is 0 Å². The molecule has 0 saturated heterocycles.